The smallest absolute Gasteiger partial charge is 0.369 e. The number of halogens is 3. The second-order valence-electron chi connectivity index (χ2n) is 8.50. The van der Waals surface area contributed by atoms with Crippen molar-refractivity contribution >= 4 is 27.3 Å². The SMILES string of the molecule is Cc1ccc(S(=O)(=O)N(C)C)cc1NC(=O)C(C)N1CCN(c2cccc(C(F)(F)F)c2)CC1. The van der Waals surface area contributed by atoms with Crippen molar-refractivity contribution in [1.29, 1.82) is 0 Å². The molecule has 11 heteroatoms. The number of carbonyl (C=O) groups excluding carboxylic acids is 1. The summed E-state index contributed by atoms with van der Waals surface area (Å²) in [5.41, 5.74) is 0.963. The number of carbonyl (C=O) groups is 1. The minimum absolute atomic E-state index is 0.0840. The molecule has 186 valence electrons. The zero-order chi connectivity index (χ0) is 25.3. The highest BCUT2D eigenvalue weighted by atomic mass is 32.2. The van der Waals surface area contributed by atoms with E-state index in [-0.39, 0.29) is 10.8 Å². The molecule has 7 nitrogen and oxygen atoms in total. The number of nitrogens with zero attached hydrogens (tertiary/aromatic N) is 3. The number of rotatable bonds is 6. The quantitative estimate of drug-likeness (QED) is 0.661. The van der Waals surface area contributed by atoms with Gasteiger partial charge in [0.05, 0.1) is 16.5 Å². The Morgan fingerprint density at radius 3 is 2.29 bits per heavy atom. The summed E-state index contributed by atoms with van der Waals surface area (Å²) in [6.07, 6.45) is -4.40. The first-order chi connectivity index (χ1) is 15.8. The number of sulfonamides is 1. The van der Waals surface area contributed by atoms with E-state index in [9.17, 15) is 26.4 Å². The number of hydrogen-bond acceptors (Lipinski definition) is 5. The Morgan fingerprint density at radius 2 is 1.71 bits per heavy atom. The van der Waals surface area contributed by atoms with Crippen molar-refractivity contribution in [3.63, 3.8) is 0 Å². The van der Waals surface area contributed by atoms with Gasteiger partial charge in [-0.1, -0.05) is 12.1 Å². The van der Waals surface area contributed by atoms with Crippen molar-refractivity contribution in [2.75, 3.05) is 50.5 Å². The lowest BCUT2D eigenvalue weighted by Crippen LogP contribution is -2.52. The van der Waals surface area contributed by atoms with Crippen molar-refractivity contribution in [2.24, 2.45) is 0 Å². The summed E-state index contributed by atoms with van der Waals surface area (Å²) in [6.45, 7) is 5.49. The molecule has 1 aliphatic heterocycles. The van der Waals surface area contributed by atoms with Gasteiger partial charge in [-0.05, 0) is 49.7 Å². The average Bonchev–Trinajstić information content (AvgIpc) is 2.79. The summed E-state index contributed by atoms with van der Waals surface area (Å²) in [6, 6.07) is 9.32. The van der Waals surface area contributed by atoms with Crippen LogP contribution < -0.4 is 10.2 Å². The molecule has 1 amide bonds. The van der Waals surface area contributed by atoms with Crippen LogP contribution in [0.2, 0.25) is 0 Å². The minimum atomic E-state index is -4.40. The fourth-order valence-electron chi connectivity index (χ4n) is 3.76. The van der Waals surface area contributed by atoms with Gasteiger partial charge in [-0.15, -0.1) is 0 Å². The molecule has 0 saturated carbocycles. The van der Waals surface area contributed by atoms with Gasteiger partial charge in [-0.3, -0.25) is 9.69 Å². The van der Waals surface area contributed by atoms with Crippen molar-refractivity contribution < 1.29 is 26.4 Å². The number of alkyl halides is 3. The Bertz CT molecular complexity index is 1140. The highest BCUT2D eigenvalue weighted by Gasteiger charge is 2.32. The van der Waals surface area contributed by atoms with Crippen molar-refractivity contribution in [3.05, 3.63) is 53.6 Å². The van der Waals surface area contributed by atoms with E-state index >= 15 is 0 Å². The summed E-state index contributed by atoms with van der Waals surface area (Å²) in [7, 11) is -0.764. The molecule has 1 aliphatic rings. The van der Waals surface area contributed by atoms with E-state index in [1.54, 1.807) is 26.0 Å². The number of nitrogens with one attached hydrogen (secondary N) is 1. The zero-order valence-electron chi connectivity index (χ0n) is 19.6. The van der Waals surface area contributed by atoms with Crippen LogP contribution in [0, 0.1) is 6.92 Å². The van der Waals surface area contributed by atoms with Crippen LogP contribution in [0.25, 0.3) is 0 Å². The molecular weight excluding hydrogens is 469 g/mol. The van der Waals surface area contributed by atoms with E-state index in [1.165, 1.54) is 32.3 Å². The third-order valence-corrected chi connectivity index (χ3v) is 7.84. The summed E-state index contributed by atoms with van der Waals surface area (Å²) in [5, 5.41) is 2.82. The molecule has 0 spiro atoms. The standard InChI is InChI=1S/C23H29F3N4O3S/c1-16-8-9-20(34(32,33)28(3)4)15-21(16)27-22(31)17(2)29-10-12-30(13-11-29)19-7-5-6-18(14-19)23(24,25)26/h5-9,14-15,17H,10-13H2,1-4H3,(H,27,31). The molecule has 34 heavy (non-hydrogen) atoms. The number of amides is 1. The third kappa shape index (κ3) is 5.70. The first-order valence-corrected chi connectivity index (χ1v) is 12.2. The Kier molecular flexibility index (Phi) is 7.59. The minimum Gasteiger partial charge on any atom is -0.369 e. The molecule has 0 radical (unpaired) electrons. The van der Waals surface area contributed by atoms with Crippen LogP contribution in [-0.4, -0.2) is 69.8 Å². The number of anilines is 2. The largest absolute Gasteiger partial charge is 0.416 e. The van der Waals surface area contributed by atoms with E-state index in [0.29, 0.717) is 37.6 Å². The van der Waals surface area contributed by atoms with Gasteiger partial charge in [-0.25, -0.2) is 12.7 Å². The molecule has 2 aromatic rings. The molecule has 0 aliphatic carbocycles. The molecular formula is C23H29F3N4O3S. The molecule has 1 unspecified atom stereocenters. The van der Waals surface area contributed by atoms with Crippen molar-refractivity contribution in [1.82, 2.24) is 9.21 Å². The number of aryl methyl sites for hydroxylation is 1. The van der Waals surface area contributed by atoms with Crippen molar-refractivity contribution in [2.45, 2.75) is 31.0 Å². The molecule has 2 aromatic carbocycles. The Balaban J connectivity index is 1.65. The molecule has 0 aromatic heterocycles. The van der Waals surface area contributed by atoms with E-state index in [0.717, 1.165) is 22.0 Å². The second kappa shape index (κ2) is 9.93. The van der Waals surface area contributed by atoms with Crippen molar-refractivity contribution in [3.8, 4) is 0 Å². The lowest BCUT2D eigenvalue weighted by Gasteiger charge is -2.38. The van der Waals surface area contributed by atoms with Crippen LogP contribution in [0.15, 0.2) is 47.4 Å². The monoisotopic (exact) mass is 498 g/mol. The molecule has 1 heterocycles. The lowest BCUT2D eigenvalue weighted by atomic mass is 10.1. The van der Waals surface area contributed by atoms with Gasteiger partial charge in [0, 0.05) is 51.6 Å². The van der Waals surface area contributed by atoms with E-state index in [2.05, 4.69) is 5.32 Å². The maximum Gasteiger partial charge on any atom is 0.416 e. The lowest BCUT2D eigenvalue weighted by molar-refractivity contribution is -0.137. The van der Waals surface area contributed by atoms with Gasteiger partial charge in [0.1, 0.15) is 0 Å². The topological polar surface area (TPSA) is 73.0 Å². The number of piperazine rings is 1. The van der Waals surface area contributed by atoms with Gasteiger partial charge in [0.25, 0.3) is 0 Å². The Labute approximate surface area is 198 Å². The molecule has 1 saturated heterocycles. The number of hydrogen-bond donors (Lipinski definition) is 1. The third-order valence-electron chi connectivity index (χ3n) is 6.03. The summed E-state index contributed by atoms with van der Waals surface area (Å²) >= 11 is 0. The maximum absolute atomic E-state index is 13.0. The first-order valence-electron chi connectivity index (χ1n) is 10.8. The van der Waals surface area contributed by atoms with Crippen LogP contribution >= 0.6 is 0 Å². The van der Waals surface area contributed by atoms with Crippen LogP contribution in [0.4, 0.5) is 24.5 Å². The van der Waals surface area contributed by atoms with Crippen LogP contribution in [0.3, 0.4) is 0 Å². The predicted molar refractivity (Wildman–Crippen MR) is 125 cm³/mol. The second-order valence-corrected chi connectivity index (χ2v) is 10.7. The zero-order valence-corrected chi connectivity index (χ0v) is 20.4. The van der Waals surface area contributed by atoms with Gasteiger partial charge >= 0.3 is 6.18 Å². The van der Waals surface area contributed by atoms with Crippen LogP contribution in [0.5, 0.6) is 0 Å². The highest BCUT2D eigenvalue weighted by molar-refractivity contribution is 7.89. The van der Waals surface area contributed by atoms with E-state index in [4.69, 9.17) is 0 Å². The fraction of sp³-hybridized carbons (Fsp3) is 0.435. The molecule has 0 bridgehead atoms. The summed E-state index contributed by atoms with van der Waals surface area (Å²) in [4.78, 5) is 16.8. The Morgan fingerprint density at radius 1 is 1.06 bits per heavy atom. The Hall–Kier alpha value is -2.63. The highest BCUT2D eigenvalue weighted by Crippen LogP contribution is 2.32. The normalized spacial score (nSPS) is 16.5. The van der Waals surface area contributed by atoms with Crippen LogP contribution in [0.1, 0.15) is 18.1 Å². The summed E-state index contributed by atoms with van der Waals surface area (Å²) < 4.78 is 65.0. The first kappa shape index (κ1) is 26.0. The summed E-state index contributed by atoms with van der Waals surface area (Å²) in [5.74, 6) is -0.282. The average molecular weight is 499 g/mol. The molecule has 1 fully saturated rings. The molecule has 3 rings (SSSR count). The van der Waals surface area contributed by atoms with Gasteiger partial charge in [0.15, 0.2) is 0 Å². The van der Waals surface area contributed by atoms with E-state index < -0.39 is 27.8 Å². The van der Waals surface area contributed by atoms with Gasteiger partial charge in [-0.2, -0.15) is 13.2 Å². The van der Waals surface area contributed by atoms with Gasteiger partial charge in [0.2, 0.25) is 15.9 Å². The fourth-order valence-corrected chi connectivity index (χ4v) is 4.68. The van der Waals surface area contributed by atoms with Crippen LogP contribution in [-0.2, 0) is 21.0 Å². The number of benzene rings is 2. The molecule has 1 atom stereocenters. The maximum atomic E-state index is 13.0. The molecule has 1 N–H and O–H groups in total. The van der Waals surface area contributed by atoms with E-state index in [1.807, 2.05) is 9.80 Å². The predicted octanol–water partition coefficient (Wildman–Crippen LogP) is 3.41. The van der Waals surface area contributed by atoms with Gasteiger partial charge < -0.3 is 10.2 Å².